The summed E-state index contributed by atoms with van der Waals surface area (Å²) in [4.78, 5) is 0. The Morgan fingerprint density at radius 3 is 2.82 bits per heavy atom. The van der Waals surface area contributed by atoms with Crippen LogP contribution in [0.4, 0.5) is 0 Å². The van der Waals surface area contributed by atoms with Gasteiger partial charge in [0.2, 0.25) is 0 Å². The smallest absolute Gasteiger partial charge is 0.0598 e. The fourth-order valence-electron chi connectivity index (χ4n) is 1.89. The molecule has 0 amide bonds. The highest BCUT2D eigenvalue weighted by molar-refractivity contribution is 5.91. The lowest BCUT2D eigenvalue weighted by Crippen LogP contribution is -2.59. The van der Waals surface area contributed by atoms with Gasteiger partial charge in [0.05, 0.1) is 18.6 Å². The van der Waals surface area contributed by atoms with Crippen LogP contribution in [0.25, 0.3) is 0 Å². The second-order valence-electron chi connectivity index (χ2n) is 3.74. The number of ether oxygens (including phenoxy) is 1. The van der Waals surface area contributed by atoms with Gasteiger partial charge in [-0.25, -0.2) is 0 Å². The lowest BCUT2D eigenvalue weighted by atomic mass is 9.73. The predicted molar refractivity (Wildman–Crippen MR) is 43.1 cm³/mol. The minimum absolute atomic E-state index is 0.130. The van der Waals surface area contributed by atoms with Crippen LogP contribution in [0.3, 0.4) is 0 Å². The van der Waals surface area contributed by atoms with E-state index in [1.165, 1.54) is 0 Å². The van der Waals surface area contributed by atoms with Crippen molar-refractivity contribution in [2.24, 2.45) is 5.41 Å². The predicted octanol–water partition coefficient (Wildman–Crippen LogP) is 0.405. The first-order valence-corrected chi connectivity index (χ1v) is 4.12. The largest absolute Gasteiger partial charge is 0.379 e. The van der Waals surface area contributed by atoms with Crippen LogP contribution in [0.1, 0.15) is 13.3 Å². The molecule has 62 valence electrons. The van der Waals surface area contributed by atoms with Gasteiger partial charge in [-0.2, -0.15) is 0 Å². The molecule has 0 bridgehead atoms. The summed E-state index contributed by atoms with van der Waals surface area (Å²) >= 11 is 0. The maximum absolute atomic E-state index is 7.74. The fraction of sp³-hybridized carbons (Fsp3) is 0.875. The molecule has 0 aromatic heterocycles. The molecule has 2 saturated heterocycles. The molecule has 11 heavy (non-hydrogen) atoms. The highest BCUT2D eigenvalue weighted by atomic mass is 16.5. The molecule has 3 heteroatoms. The maximum Gasteiger partial charge on any atom is 0.0598 e. The molecule has 2 fully saturated rings. The summed E-state index contributed by atoms with van der Waals surface area (Å²) in [6.45, 7) is 4.48. The van der Waals surface area contributed by atoms with Crippen LogP contribution < -0.4 is 5.32 Å². The van der Waals surface area contributed by atoms with E-state index in [2.05, 4.69) is 12.2 Å². The quantitative estimate of drug-likeness (QED) is 0.530. The molecule has 2 heterocycles. The molecular formula is C8H14N2O. The van der Waals surface area contributed by atoms with E-state index >= 15 is 0 Å². The number of piperidine rings is 1. The van der Waals surface area contributed by atoms with E-state index in [1.807, 2.05) is 0 Å². The second-order valence-corrected chi connectivity index (χ2v) is 3.74. The molecular weight excluding hydrogens is 140 g/mol. The Balaban J connectivity index is 2.10. The molecule has 2 aliphatic rings. The van der Waals surface area contributed by atoms with E-state index in [0.717, 1.165) is 31.9 Å². The molecule has 0 unspecified atom stereocenters. The highest BCUT2D eigenvalue weighted by Crippen LogP contribution is 2.35. The van der Waals surface area contributed by atoms with Gasteiger partial charge in [0.1, 0.15) is 0 Å². The van der Waals surface area contributed by atoms with Gasteiger partial charge in [0.25, 0.3) is 0 Å². The number of hydrogen-bond acceptors (Lipinski definition) is 3. The molecule has 1 atom stereocenters. The third-order valence-corrected chi connectivity index (χ3v) is 2.72. The van der Waals surface area contributed by atoms with Crippen molar-refractivity contribution in [1.29, 1.82) is 5.41 Å². The maximum atomic E-state index is 7.74. The van der Waals surface area contributed by atoms with Crippen LogP contribution in [-0.2, 0) is 4.74 Å². The van der Waals surface area contributed by atoms with Crippen molar-refractivity contribution in [3.63, 3.8) is 0 Å². The first kappa shape index (κ1) is 7.25. The van der Waals surface area contributed by atoms with E-state index in [4.69, 9.17) is 10.1 Å². The molecule has 1 spiro atoms. The highest BCUT2D eigenvalue weighted by Gasteiger charge is 2.45. The first-order valence-electron chi connectivity index (χ1n) is 4.12. The normalized spacial score (nSPS) is 35.4. The van der Waals surface area contributed by atoms with Crippen molar-refractivity contribution >= 4 is 5.71 Å². The van der Waals surface area contributed by atoms with Crippen molar-refractivity contribution in [2.75, 3.05) is 19.8 Å². The van der Waals surface area contributed by atoms with Gasteiger partial charge < -0.3 is 15.5 Å². The van der Waals surface area contributed by atoms with E-state index in [0.29, 0.717) is 6.04 Å². The van der Waals surface area contributed by atoms with E-state index in [-0.39, 0.29) is 5.41 Å². The average molecular weight is 154 g/mol. The number of nitrogens with one attached hydrogen (secondary N) is 2. The van der Waals surface area contributed by atoms with Gasteiger partial charge in [0, 0.05) is 18.3 Å². The Morgan fingerprint density at radius 1 is 1.64 bits per heavy atom. The molecule has 0 aromatic carbocycles. The van der Waals surface area contributed by atoms with Crippen LogP contribution in [-0.4, -0.2) is 31.5 Å². The summed E-state index contributed by atoms with van der Waals surface area (Å²) in [7, 11) is 0. The van der Waals surface area contributed by atoms with Crippen molar-refractivity contribution in [3.05, 3.63) is 0 Å². The molecule has 3 nitrogen and oxygen atoms in total. The lowest BCUT2D eigenvalue weighted by molar-refractivity contribution is -0.0819. The average Bonchev–Trinajstić information content (AvgIpc) is 1.91. The zero-order valence-electron chi connectivity index (χ0n) is 6.81. The second kappa shape index (κ2) is 2.29. The van der Waals surface area contributed by atoms with Crippen LogP contribution in [0.5, 0.6) is 0 Å². The summed E-state index contributed by atoms with van der Waals surface area (Å²) in [5.74, 6) is 0. The molecule has 0 saturated carbocycles. The van der Waals surface area contributed by atoms with Gasteiger partial charge in [0.15, 0.2) is 0 Å². The zero-order valence-corrected chi connectivity index (χ0v) is 6.81. The van der Waals surface area contributed by atoms with Crippen molar-refractivity contribution in [2.45, 2.75) is 19.4 Å². The van der Waals surface area contributed by atoms with Crippen LogP contribution in [0.2, 0.25) is 0 Å². The molecule has 0 aromatic rings. The Bertz CT molecular complexity index is 187. The Hall–Kier alpha value is -0.410. The summed E-state index contributed by atoms with van der Waals surface area (Å²) in [5.41, 5.74) is 0.965. The van der Waals surface area contributed by atoms with E-state index in [9.17, 15) is 0 Å². The monoisotopic (exact) mass is 154 g/mol. The third kappa shape index (κ3) is 0.993. The molecule has 2 aliphatic heterocycles. The summed E-state index contributed by atoms with van der Waals surface area (Å²) in [6, 6.07) is 0.549. The molecule has 0 radical (unpaired) electrons. The van der Waals surface area contributed by atoms with E-state index in [1.54, 1.807) is 0 Å². The van der Waals surface area contributed by atoms with Crippen LogP contribution in [0.15, 0.2) is 0 Å². The molecule has 0 aliphatic carbocycles. The summed E-state index contributed by atoms with van der Waals surface area (Å²) in [6.07, 6.45) is 1.08. The third-order valence-electron chi connectivity index (χ3n) is 2.72. The SMILES string of the molecule is C[C@@H]1CC2(COC2)C(=N)CN1. The minimum Gasteiger partial charge on any atom is -0.379 e. The molecule has 2 N–H and O–H groups in total. The van der Waals surface area contributed by atoms with Crippen molar-refractivity contribution in [1.82, 2.24) is 5.32 Å². The lowest BCUT2D eigenvalue weighted by Gasteiger charge is -2.46. The Morgan fingerprint density at radius 2 is 2.36 bits per heavy atom. The fourth-order valence-corrected chi connectivity index (χ4v) is 1.89. The molecule has 2 rings (SSSR count). The number of rotatable bonds is 0. The van der Waals surface area contributed by atoms with Gasteiger partial charge in [-0.3, -0.25) is 0 Å². The summed E-state index contributed by atoms with van der Waals surface area (Å²) < 4.78 is 5.17. The summed E-state index contributed by atoms with van der Waals surface area (Å²) in [5, 5.41) is 11.0. The van der Waals surface area contributed by atoms with Crippen molar-refractivity contribution in [3.8, 4) is 0 Å². The van der Waals surface area contributed by atoms with Gasteiger partial charge in [-0.05, 0) is 13.3 Å². The van der Waals surface area contributed by atoms with E-state index < -0.39 is 0 Å². The van der Waals surface area contributed by atoms with Crippen LogP contribution in [0, 0.1) is 10.8 Å². The first-order chi connectivity index (χ1) is 5.23. The van der Waals surface area contributed by atoms with Crippen molar-refractivity contribution < 1.29 is 4.74 Å². The van der Waals surface area contributed by atoms with Gasteiger partial charge in [-0.15, -0.1) is 0 Å². The standard InChI is InChI=1S/C8H14N2O/c1-6-2-8(4-11-5-8)7(9)3-10-6/h6,9-10H,2-5H2,1H3/t6-/m1/s1. The number of hydrogen-bond donors (Lipinski definition) is 2. The Labute approximate surface area is 66.6 Å². The zero-order chi connectivity index (χ0) is 7.90. The van der Waals surface area contributed by atoms with Crippen LogP contribution >= 0.6 is 0 Å². The van der Waals surface area contributed by atoms with Gasteiger partial charge in [-0.1, -0.05) is 0 Å². The Kier molecular flexibility index (Phi) is 1.51. The van der Waals surface area contributed by atoms with Gasteiger partial charge >= 0.3 is 0 Å². The topological polar surface area (TPSA) is 45.1 Å². The minimum atomic E-state index is 0.130.